The number of rotatable bonds is 0. The van der Waals surface area contributed by atoms with E-state index >= 15 is 0 Å². The standard InChI is InChI=1S/C4H6S/c5-4-2-1-3-4/h1-2,4-5H,3H2/t4-/m0/s1. The lowest BCUT2D eigenvalue weighted by Crippen LogP contribution is -1.98. The van der Waals surface area contributed by atoms with Crippen LogP contribution in [-0.2, 0) is 0 Å². The molecule has 1 aliphatic carbocycles. The van der Waals surface area contributed by atoms with Crippen LogP contribution < -0.4 is 0 Å². The van der Waals surface area contributed by atoms with E-state index in [1.807, 2.05) is 0 Å². The van der Waals surface area contributed by atoms with Crippen LogP contribution in [0.25, 0.3) is 0 Å². The smallest absolute Gasteiger partial charge is 0.0231 e. The molecular weight excluding hydrogens is 80.1 g/mol. The summed E-state index contributed by atoms with van der Waals surface area (Å²) >= 11 is 4.10. The molecule has 0 unspecified atom stereocenters. The normalized spacial score (nSPS) is 33.4. The van der Waals surface area contributed by atoms with Crippen LogP contribution in [0.3, 0.4) is 0 Å². The van der Waals surface area contributed by atoms with Crippen LogP contribution in [0.15, 0.2) is 12.2 Å². The van der Waals surface area contributed by atoms with Crippen LogP contribution in [-0.4, -0.2) is 5.25 Å². The number of thiol groups is 1. The van der Waals surface area contributed by atoms with Gasteiger partial charge in [0.25, 0.3) is 0 Å². The van der Waals surface area contributed by atoms with Crippen LogP contribution in [0.2, 0.25) is 0 Å². The fourth-order valence-corrected chi connectivity index (χ4v) is 0.501. The van der Waals surface area contributed by atoms with E-state index in [0.717, 1.165) is 0 Å². The molecule has 0 saturated carbocycles. The molecule has 0 radical (unpaired) electrons. The Morgan fingerprint density at radius 3 is 2.20 bits per heavy atom. The van der Waals surface area contributed by atoms with Crippen molar-refractivity contribution in [2.24, 2.45) is 0 Å². The molecule has 0 aromatic rings. The maximum Gasteiger partial charge on any atom is 0.0231 e. The minimum atomic E-state index is 0.579. The third kappa shape index (κ3) is 0.482. The summed E-state index contributed by atoms with van der Waals surface area (Å²) < 4.78 is 0. The second-order valence-corrected chi connectivity index (χ2v) is 1.89. The molecule has 1 rings (SSSR count). The zero-order valence-corrected chi connectivity index (χ0v) is 3.78. The third-order valence-electron chi connectivity index (χ3n) is 0.736. The Morgan fingerprint density at radius 2 is 2.20 bits per heavy atom. The molecule has 0 fully saturated rings. The van der Waals surface area contributed by atoms with E-state index in [4.69, 9.17) is 0 Å². The van der Waals surface area contributed by atoms with Gasteiger partial charge in [-0.05, 0) is 6.42 Å². The molecule has 0 heterocycles. The summed E-state index contributed by atoms with van der Waals surface area (Å²) in [6.07, 6.45) is 5.38. The van der Waals surface area contributed by atoms with Gasteiger partial charge < -0.3 is 0 Å². The molecule has 0 aromatic carbocycles. The highest BCUT2D eigenvalue weighted by atomic mass is 32.1. The zero-order valence-electron chi connectivity index (χ0n) is 2.89. The van der Waals surface area contributed by atoms with Crippen molar-refractivity contribution in [1.29, 1.82) is 0 Å². The van der Waals surface area contributed by atoms with Gasteiger partial charge in [0.1, 0.15) is 0 Å². The first-order valence-electron chi connectivity index (χ1n) is 1.74. The molecule has 1 atom stereocenters. The molecule has 0 amide bonds. The summed E-state index contributed by atoms with van der Waals surface area (Å²) in [7, 11) is 0. The molecule has 0 saturated heterocycles. The molecule has 0 N–H and O–H groups in total. The van der Waals surface area contributed by atoms with Crippen LogP contribution in [0, 0.1) is 0 Å². The Hall–Kier alpha value is 0.0900. The first-order valence-corrected chi connectivity index (χ1v) is 2.26. The molecule has 0 nitrogen and oxygen atoms in total. The van der Waals surface area contributed by atoms with Gasteiger partial charge in [-0.1, -0.05) is 12.2 Å². The van der Waals surface area contributed by atoms with Gasteiger partial charge in [0.15, 0.2) is 0 Å². The monoisotopic (exact) mass is 86.0 g/mol. The molecule has 0 aromatic heterocycles. The molecule has 0 spiro atoms. The van der Waals surface area contributed by atoms with E-state index in [-0.39, 0.29) is 0 Å². The second-order valence-electron chi connectivity index (χ2n) is 1.23. The lowest BCUT2D eigenvalue weighted by atomic mass is 10.1. The zero-order chi connectivity index (χ0) is 3.70. The van der Waals surface area contributed by atoms with Crippen LogP contribution >= 0.6 is 12.6 Å². The summed E-state index contributed by atoms with van der Waals surface area (Å²) in [5.41, 5.74) is 0. The highest BCUT2D eigenvalue weighted by Crippen LogP contribution is 2.12. The topological polar surface area (TPSA) is 0 Å². The van der Waals surface area contributed by atoms with Gasteiger partial charge in [-0.2, -0.15) is 12.6 Å². The quantitative estimate of drug-likeness (QED) is 0.333. The van der Waals surface area contributed by atoms with Gasteiger partial charge in [0, 0.05) is 5.25 Å². The first-order chi connectivity index (χ1) is 2.39. The Morgan fingerprint density at radius 1 is 1.80 bits per heavy atom. The summed E-state index contributed by atoms with van der Waals surface area (Å²) in [5, 5.41) is 0.579. The van der Waals surface area contributed by atoms with Crippen molar-refractivity contribution in [2.75, 3.05) is 0 Å². The highest BCUT2D eigenvalue weighted by Gasteiger charge is 1.99. The van der Waals surface area contributed by atoms with Gasteiger partial charge >= 0.3 is 0 Å². The fraction of sp³-hybridized carbons (Fsp3) is 0.500. The van der Waals surface area contributed by atoms with Gasteiger partial charge in [0.2, 0.25) is 0 Å². The lowest BCUT2D eigenvalue weighted by Gasteiger charge is -2.07. The number of hydrogen-bond donors (Lipinski definition) is 1. The van der Waals surface area contributed by atoms with Crippen molar-refractivity contribution in [2.45, 2.75) is 11.7 Å². The minimum absolute atomic E-state index is 0.579. The molecular formula is C4H6S. The van der Waals surface area contributed by atoms with Crippen molar-refractivity contribution in [3.05, 3.63) is 12.2 Å². The number of allylic oxidation sites excluding steroid dienone is 1. The molecule has 5 heavy (non-hydrogen) atoms. The average Bonchev–Trinajstić information content (AvgIpc) is 1.30. The third-order valence-corrected chi connectivity index (χ3v) is 1.12. The van der Waals surface area contributed by atoms with Crippen molar-refractivity contribution in [3.8, 4) is 0 Å². The van der Waals surface area contributed by atoms with E-state index in [9.17, 15) is 0 Å². The van der Waals surface area contributed by atoms with Gasteiger partial charge in [0.05, 0.1) is 0 Å². The van der Waals surface area contributed by atoms with E-state index in [2.05, 4.69) is 24.8 Å². The van der Waals surface area contributed by atoms with Crippen LogP contribution in [0.4, 0.5) is 0 Å². The maximum atomic E-state index is 4.10. The summed E-state index contributed by atoms with van der Waals surface area (Å²) in [5.74, 6) is 0. The lowest BCUT2D eigenvalue weighted by molar-refractivity contribution is 0.991. The first kappa shape index (κ1) is 3.29. The van der Waals surface area contributed by atoms with E-state index < -0.39 is 0 Å². The second kappa shape index (κ2) is 1.05. The highest BCUT2D eigenvalue weighted by molar-refractivity contribution is 7.81. The van der Waals surface area contributed by atoms with E-state index in [0.29, 0.717) is 5.25 Å². The molecule has 28 valence electrons. The van der Waals surface area contributed by atoms with Crippen molar-refractivity contribution in [1.82, 2.24) is 0 Å². The Balaban J connectivity index is 2.39. The molecule has 0 aliphatic heterocycles. The predicted molar refractivity (Wildman–Crippen MR) is 26.5 cm³/mol. The molecule has 0 bridgehead atoms. The van der Waals surface area contributed by atoms with Crippen molar-refractivity contribution in [3.63, 3.8) is 0 Å². The summed E-state index contributed by atoms with van der Waals surface area (Å²) in [6.45, 7) is 0. The van der Waals surface area contributed by atoms with Crippen molar-refractivity contribution < 1.29 is 0 Å². The largest absolute Gasteiger partial charge is 0.171 e. The molecule has 1 heteroatoms. The predicted octanol–water partition coefficient (Wildman–Crippen LogP) is 1.24. The van der Waals surface area contributed by atoms with Gasteiger partial charge in [-0.25, -0.2) is 0 Å². The number of hydrogen-bond acceptors (Lipinski definition) is 1. The van der Waals surface area contributed by atoms with Crippen LogP contribution in [0.5, 0.6) is 0 Å². The summed E-state index contributed by atoms with van der Waals surface area (Å²) in [6, 6.07) is 0. The van der Waals surface area contributed by atoms with E-state index in [1.165, 1.54) is 6.42 Å². The minimum Gasteiger partial charge on any atom is -0.171 e. The SMILES string of the molecule is S[C@H]1C=CC1. The Bertz CT molecular complexity index is 56.7. The Kier molecular flexibility index (Phi) is 0.692. The van der Waals surface area contributed by atoms with Gasteiger partial charge in [-0.15, -0.1) is 0 Å². The average molecular weight is 86.2 g/mol. The molecule has 1 aliphatic rings. The fourth-order valence-electron chi connectivity index (χ4n) is 0.258. The van der Waals surface area contributed by atoms with Gasteiger partial charge in [-0.3, -0.25) is 0 Å². The Labute approximate surface area is 37.3 Å². The van der Waals surface area contributed by atoms with Crippen LogP contribution in [0.1, 0.15) is 6.42 Å². The van der Waals surface area contributed by atoms with E-state index in [1.54, 1.807) is 0 Å². The maximum absolute atomic E-state index is 4.10. The van der Waals surface area contributed by atoms with Crippen molar-refractivity contribution >= 4 is 12.6 Å². The summed E-state index contributed by atoms with van der Waals surface area (Å²) in [4.78, 5) is 0.